The van der Waals surface area contributed by atoms with E-state index in [9.17, 15) is 14.9 Å². The Kier molecular flexibility index (Phi) is 3.17. The molecular weight excluding hydrogens is 204 g/mol. The van der Waals surface area contributed by atoms with Crippen molar-refractivity contribution in [3.05, 3.63) is 27.9 Å². The van der Waals surface area contributed by atoms with E-state index >= 15 is 0 Å². The summed E-state index contributed by atoms with van der Waals surface area (Å²) in [7, 11) is 2.48. The van der Waals surface area contributed by atoms with Gasteiger partial charge in [0, 0.05) is 6.07 Å². The Morgan fingerprint density at radius 3 is 2.60 bits per heavy atom. The number of aromatic nitrogens is 1. The molecule has 7 heteroatoms. The van der Waals surface area contributed by atoms with Crippen molar-refractivity contribution in [3.63, 3.8) is 0 Å². The van der Waals surface area contributed by atoms with Crippen LogP contribution in [0.15, 0.2) is 12.1 Å². The van der Waals surface area contributed by atoms with Crippen LogP contribution in [0, 0.1) is 10.1 Å². The molecule has 0 aliphatic carbocycles. The summed E-state index contributed by atoms with van der Waals surface area (Å²) in [5.41, 5.74) is -0.214. The van der Waals surface area contributed by atoms with E-state index in [0.717, 1.165) is 13.2 Å². The molecule has 1 aromatic rings. The zero-order valence-corrected chi connectivity index (χ0v) is 8.09. The van der Waals surface area contributed by atoms with Gasteiger partial charge in [0.2, 0.25) is 0 Å². The minimum atomic E-state index is -0.782. The van der Waals surface area contributed by atoms with Crippen molar-refractivity contribution < 1.29 is 19.2 Å². The summed E-state index contributed by atoms with van der Waals surface area (Å²) < 4.78 is 9.23. The van der Waals surface area contributed by atoms with Gasteiger partial charge in [0.25, 0.3) is 0 Å². The molecule has 0 fully saturated rings. The van der Waals surface area contributed by atoms with Gasteiger partial charge in [-0.05, 0) is 16.0 Å². The van der Waals surface area contributed by atoms with Crippen molar-refractivity contribution in [1.29, 1.82) is 0 Å². The molecular formula is C8H8N2O5. The molecule has 1 heterocycles. The zero-order chi connectivity index (χ0) is 11.4. The number of rotatable bonds is 3. The molecule has 15 heavy (non-hydrogen) atoms. The fraction of sp³-hybridized carbons (Fsp3) is 0.250. The molecule has 80 valence electrons. The number of methoxy groups -OCH3 is 2. The maximum absolute atomic E-state index is 11.2. The number of ether oxygens (including phenoxy) is 2. The van der Waals surface area contributed by atoms with E-state index in [1.807, 2.05) is 0 Å². The van der Waals surface area contributed by atoms with Crippen molar-refractivity contribution in [1.82, 2.24) is 4.98 Å². The molecule has 0 unspecified atom stereocenters. The molecule has 0 aliphatic heterocycles. The molecule has 0 saturated carbocycles. The summed E-state index contributed by atoms with van der Waals surface area (Å²) in [4.78, 5) is 24.4. The highest BCUT2D eigenvalue weighted by molar-refractivity contribution is 5.90. The summed E-state index contributed by atoms with van der Waals surface area (Å²) in [6, 6.07) is 2.43. The Balaban J connectivity index is 3.25. The number of esters is 1. The molecule has 0 aromatic carbocycles. The molecule has 0 amide bonds. The molecule has 0 aliphatic rings. The number of nitrogens with zero attached hydrogens (tertiary/aromatic N) is 2. The average Bonchev–Trinajstić information content (AvgIpc) is 2.27. The van der Waals surface area contributed by atoms with E-state index in [1.54, 1.807) is 0 Å². The van der Waals surface area contributed by atoms with Crippen LogP contribution in [0.2, 0.25) is 0 Å². The van der Waals surface area contributed by atoms with Crippen LogP contribution in [0.1, 0.15) is 10.5 Å². The van der Waals surface area contributed by atoms with Gasteiger partial charge in [-0.1, -0.05) is 0 Å². The summed E-state index contributed by atoms with van der Waals surface area (Å²) in [5.74, 6) is -1.08. The predicted octanol–water partition coefficient (Wildman–Crippen LogP) is 0.785. The Bertz CT molecular complexity index is 404. The number of hydrogen-bond acceptors (Lipinski definition) is 6. The molecule has 7 nitrogen and oxygen atoms in total. The van der Waals surface area contributed by atoms with E-state index in [4.69, 9.17) is 4.74 Å². The molecule has 0 N–H and O–H groups in total. The van der Waals surface area contributed by atoms with Crippen molar-refractivity contribution in [2.24, 2.45) is 0 Å². The van der Waals surface area contributed by atoms with Crippen LogP contribution in [-0.2, 0) is 4.74 Å². The molecule has 1 aromatic heterocycles. The average molecular weight is 212 g/mol. The highest BCUT2D eigenvalue weighted by atomic mass is 16.6. The first-order valence-corrected chi connectivity index (χ1v) is 3.88. The van der Waals surface area contributed by atoms with Crippen molar-refractivity contribution in [3.8, 4) is 5.75 Å². The molecule has 0 radical (unpaired) electrons. The zero-order valence-electron chi connectivity index (χ0n) is 8.09. The lowest BCUT2D eigenvalue weighted by molar-refractivity contribution is -0.389. The monoisotopic (exact) mass is 212 g/mol. The highest BCUT2D eigenvalue weighted by Crippen LogP contribution is 2.20. The largest absolute Gasteiger partial charge is 0.492 e. The molecule has 1 rings (SSSR count). The SMILES string of the molecule is COC(=O)c1nc([N+](=O)[O-])ccc1OC. The topological polar surface area (TPSA) is 91.6 Å². The van der Waals surface area contributed by atoms with Gasteiger partial charge in [-0.3, -0.25) is 0 Å². The fourth-order valence-electron chi connectivity index (χ4n) is 0.945. The highest BCUT2D eigenvalue weighted by Gasteiger charge is 2.23. The third-order valence-electron chi connectivity index (χ3n) is 1.63. The molecule has 0 spiro atoms. The van der Waals surface area contributed by atoms with Gasteiger partial charge in [-0.25, -0.2) is 4.79 Å². The lowest BCUT2D eigenvalue weighted by atomic mass is 10.3. The standard InChI is InChI=1S/C8H8N2O5/c1-14-5-3-4-6(10(12)13)9-7(5)8(11)15-2/h3-4H,1-2H3. The van der Waals surface area contributed by atoms with Crippen LogP contribution in [0.5, 0.6) is 5.75 Å². The lowest BCUT2D eigenvalue weighted by Crippen LogP contribution is -2.08. The van der Waals surface area contributed by atoms with Crippen LogP contribution >= 0.6 is 0 Å². The first-order chi connectivity index (χ1) is 7.10. The quantitative estimate of drug-likeness (QED) is 0.417. The lowest BCUT2D eigenvalue weighted by Gasteiger charge is -2.01. The van der Waals surface area contributed by atoms with Gasteiger partial charge in [0.15, 0.2) is 5.75 Å². The minimum Gasteiger partial charge on any atom is -0.492 e. The predicted molar refractivity (Wildman–Crippen MR) is 48.8 cm³/mol. The second-order valence-electron chi connectivity index (χ2n) is 2.47. The van der Waals surface area contributed by atoms with Crippen LogP contribution in [0.3, 0.4) is 0 Å². The maximum Gasteiger partial charge on any atom is 0.386 e. The summed E-state index contributed by atoms with van der Waals surface area (Å²) in [5, 5.41) is 10.4. The Hall–Kier alpha value is -2.18. The van der Waals surface area contributed by atoms with E-state index < -0.39 is 16.7 Å². The Morgan fingerprint density at radius 1 is 1.47 bits per heavy atom. The first-order valence-electron chi connectivity index (χ1n) is 3.88. The number of hydrogen-bond donors (Lipinski definition) is 0. The molecule has 0 atom stereocenters. The van der Waals surface area contributed by atoms with Crippen LogP contribution in [-0.4, -0.2) is 30.1 Å². The summed E-state index contributed by atoms with van der Waals surface area (Å²) >= 11 is 0. The molecule has 0 bridgehead atoms. The summed E-state index contributed by atoms with van der Waals surface area (Å²) in [6.07, 6.45) is 0. The second kappa shape index (κ2) is 4.36. The van der Waals surface area contributed by atoms with Gasteiger partial charge in [-0.2, -0.15) is 0 Å². The van der Waals surface area contributed by atoms with Crippen LogP contribution in [0.25, 0.3) is 0 Å². The molecule has 0 saturated heterocycles. The number of carbonyl (C=O) groups excluding carboxylic acids is 1. The van der Waals surface area contributed by atoms with E-state index in [0.29, 0.717) is 0 Å². The first kappa shape index (κ1) is 10.9. The van der Waals surface area contributed by atoms with Crippen molar-refractivity contribution in [2.45, 2.75) is 0 Å². The van der Waals surface area contributed by atoms with Crippen molar-refractivity contribution in [2.75, 3.05) is 14.2 Å². The smallest absolute Gasteiger partial charge is 0.386 e. The number of nitro groups is 1. The van der Waals surface area contributed by atoms with Gasteiger partial charge >= 0.3 is 17.5 Å². The Morgan fingerprint density at radius 2 is 2.13 bits per heavy atom. The van der Waals surface area contributed by atoms with E-state index in [-0.39, 0.29) is 11.4 Å². The van der Waals surface area contributed by atoms with Gasteiger partial charge in [0.1, 0.15) is 0 Å². The fourth-order valence-corrected chi connectivity index (χ4v) is 0.945. The van der Waals surface area contributed by atoms with E-state index in [2.05, 4.69) is 9.72 Å². The van der Waals surface area contributed by atoms with Gasteiger partial charge < -0.3 is 19.6 Å². The third-order valence-corrected chi connectivity index (χ3v) is 1.63. The van der Waals surface area contributed by atoms with Gasteiger partial charge in [0.05, 0.1) is 14.2 Å². The number of carbonyl (C=O) groups is 1. The number of pyridine rings is 1. The normalized spacial score (nSPS) is 9.47. The van der Waals surface area contributed by atoms with E-state index in [1.165, 1.54) is 13.2 Å². The minimum absolute atomic E-state index is 0.132. The van der Waals surface area contributed by atoms with Gasteiger partial charge in [-0.15, -0.1) is 0 Å². The second-order valence-corrected chi connectivity index (χ2v) is 2.47. The van der Waals surface area contributed by atoms with Crippen LogP contribution < -0.4 is 4.74 Å². The van der Waals surface area contributed by atoms with Crippen LogP contribution in [0.4, 0.5) is 5.82 Å². The summed E-state index contributed by atoms with van der Waals surface area (Å²) in [6.45, 7) is 0. The maximum atomic E-state index is 11.2. The Labute approximate surface area is 84.8 Å². The third kappa shape index (κ3) is 2.19. The van der Waals surface area contributed by atoms with Crippen molar-refractivity contribution >= 4 is 11.8 Å².